The van der Waals surface area contributed by atoms with E-state index < -0.39 is 0 Å². The van der Waals surface area contributed by atoms with Crippen molar-refractivity contribution in [1.29, 1.82) is 0 Å². The summed E-state index contributed by atoms with van der Waals surface area (Å²) in [5, 5.41) is 12.9. The Kier molecular flexibility index (Phi) is 4.81. The smallest absolute Gasteiger partial charge is 0.201 e. The first-order chi connectivity index (χ1) is 21.3. The minimum Gasteiger partial charge on any atom is -0.345 e. The molecule has 0 aliphatic carbocycles. The third-order valence-corrected chi connectivity index (χ3v) is 11.2. The van der Waals surface area contributed by atoms with E-state index in [2.05, 4.69) is 137 Å². The van der Waals surface area contributed by atoms with Gasteiger partial charge in [-0.3, -0.25) is 0 Å². The number of nitrogens with one attached hydrogen (secondary N) is 1. The molecule has 0 saturated heterocycles. The summed E-state index contributed by atoms with van der Waals surface area (Å²) in [5.41, 5.74) is 5.77. The van der Waals surface area contributed by atoms with E-state index in [0.29, 0.717) is 0 Å². The zero-order valence-corrected chi connectivity index (χ0v) is 24.5. The van der Waals surface area contributed by atoms with E-state index in [1.165, 1.54) is 67.7 Å². The van der Waals surface area contributed by atoms with Crippen LogP contribution in [0.2, 0.25) is 0 Å². The molecule has 1 unspecified atom stereocenters. The van der Waals surface area contributed by atoms with Crippen LogP contribution in [0.3, 0.4) is 0 Å². The van der Waals surface area contributed by atoms with Gasteiger partial charge < -0.3 is 9.88 Å². The Morgan fingerprint density at radius 2 is 1.19 bits per heavy atom. The summed E-state index contributed by atoms with van der Waals surface area (Å²) in [7, 11) is 0. The first-order valence-electron chi connectivity index (χ1n) is 14.5. The molecule has 43 heavy (non-hydrogen) atoms. The van der Waals surface area contributed by atoms with Crippen LogP contribution in [-0.4, -0.2) is 10.3 Å². The van der Waals surface area contributed by atoms with Gasteiger partial charge in [0.25, 0.3) is 0 Å². The Balaban J connectivity index is 1.39. The maximum Gasteiger partial charge on any atom is 0.201 e. The molecule has 9 aromatic rings. The number of thiophene rings is 2. The van der Waals surface area contributed by atoms with Gasteiger partial charge >= 0.3 is 0 Å². The van der Waals surface area contributed by atoms with Crippen molar-refractivity contribution in [2.45, 2.75) is 6.29 Å². The molecular weight excluding hydrogens is 563 g/mol. The van der Waals surface area contributed by atoms with E-state index in [1.54, 1.807) is 0 Å². The summed E-state index contributed by atoms with van der Waals surface area (Å²) in [6, 6.07) is 45.9. The Morgan fingerprint density at radius 3 is 2.00 bits per heavy atom. The van der Waals surface area contributed by atoms with Gasteiger partial charge in [-0.1, -0.05) is 109 Å². The van der Waals surface area contributed by atoms with Crippen molar-refractivity contribution in [3.05, 3.63) is 138 Å². The standard InChI is InChI=1S/C38H23N3S2/c1-2-12-22(13-3-1)33-37-34(27-18-8-11-21-30(27)43-37)40-38(39-33)41-28-19-9-6-16-25(28)31-23-14-4-5-15-24(23)36-32(35(31)41)26-17-7-10-20-29(26)42-36/h1-21,38,40H. The third kappa shape index (κ3) is 3.21. The molecular formula is C38H23N3S2. The number of rotatable bonds is 2. The fourth-order valence-electron chi connectivity index (χ4n) is 7.03. The zero-order chi connectivity index (χ0) is 28.1. The molecule has 0 fully saturated rings. The van der Waals surface area contributed by atoms with Crippen LogP contribution in [0.5, 0.6) is 0 Å². The molecule has 0 saturated carbocycles. The number of aliphatic imine (C=N–C) groups is 1. The van der Waals surface area contributed by atoms with Crippen molar-refractivity contribution in [2.75, 3.05) is 5.32 Å². The van der Waals surface area contributed by atoms with Crippen LogP contribution in [0.1, 0.15) is 16.7 Å². The van der Waals surface area contributed by atoms with Gasteiger partial charge in [0.05, 0.1) is 27.3 Å². The maximum atomic E-state index is 5.57. The van der Waals surface area contributed by atoms with E-state index in [9.17, 15) is 0 Å². The fourth-order valence-corrected chi connectivity index (χ4v) is 9.45. The normalized spacial score (nSPS) is 15.1. The molecule has 0 bridgehead atoms. The van der Waals surface area contributed by atoms with Crippen molar-refractivity contribution in [3.8, 4) is 0 Å². The molecule has 202 valence electrons. The molecule has 1 aliphatic rings. The summed E-state index contributed by atoms with van der Waals surface area (Å²) in [6.07, 6.45) is -0.328. The molecule has 0 radical (unpaired) electrons. The van der Waals surface area contributed by atoms with Crippen LogP contribution in [-0.2, 0) is 0 Å². The topological polar surface area (TPSA) is 29.3 Å². The average Bonchev–Trinajstić information content (AvgIpc) is 3.75. The first kappa shape index (κ1) is 23.6. The van der Waals surface area contributed by atoms with E-state index >= 15 is 0 Å². The van der Waals surface area contributed by atoms with Crippen molar-refractivity contribution in [2.24, 2.45) is 4.99 Å². The van der Waals surface area contributed by atoms with E-state index in [0.717, 1.165) is 17.0 Å². The molecule has 1 aliphatic heterocycles. The summed E-state index contributed by atoms with van der Waals surface area (Å²) in [6.45, 7) is 0. The van der Waals surface area contributed by atoms with Crippen LogP contribution < -0.4 is 5.32 Å². The quantitative estimate of drug-likeness (QED) is 0.215. The monoisotopic (exact) mass is 585 g/mol. The second kappa shape index (κ2) is 8.77. The summed E-state index contributed by atoms with van der Waals surface area (Å²) in [5.74, 6) is 0. The molecule has 0 spiro atoms. The zero-order valence-electron chi connectivity index (χ0n) is 22.9. The molecule has 5 heteroatoms. The lowest BCUT2D eigenvalue weighted by Gasteiger charge is -2.26. The van der Waals surface area contributed by atoms with E-state index in [-0.39, 0.29) is 6.29 Å². The van der Waals surface area contributed by atoms with Gasteiger partial charge in [0.1, 0.15) is 0 Å². The predicted octanol–water partition coefficient (Wildman–Crippen LogP) is 10.9. The van der Waals surface area contributed by atoms with Crippen LogP contribution in [0.25, 0.3) is 62.8 Å². The van der Waals surface area contributed by atoms with Crippen molar-refractivity contribution in [1.82, 2.24) is 4.57 Å². The van der Waals surface area contributed by atoms with Crippen LogP contribution >= 0.6 is 22.7 Å². The lowest BCUT2D eigenvalue weighted by molar-refractivity contribution is 0.628. The van der Waals surface area contributed by atoms with E-state index in [4.69, 9.17) is 4.99 Å². The minimum absolute atomic E-state index is 0.328. The number of para-hydroxylation sites is 1. The molecule has 3 aromatic heterocycles. The largest absolute Gasteiger partial charge is 0.345 e. The maximum absolute atomic E-state index is 5.57. The summed E-state index contributed by atoms with van der Waals surface area (Å²) in [4.78, 5) is 6.76. The SMILES string of the molecule is c1ccc(C2=NC(n3c4ccccc4c4c5ccccc5c5sc6ccccc6c5c43)Nc3c2sc2ccccc32)cc1. The van der Waals surface area contributed by atoms with Gasteiger partial charge in [-0.15, -0.1) is 22.7 Å². The van der Waals surface area contributed by atoms with Crippen molar-refractivity contribution >= 4 is 96.9 Å². The highest BCUT2D eigenvalue weighted by molar-refractivity contribution is 7.27. The van der Waals surface area contributed by atoms with Crippen LogP contribution in [0.4, 0.5) is 5.69 Å². The van der Waals surface area contributed by atoms with Gasteiger partial charge in [0.15, 0.2) is 0 Å². The Hall–Kier alpha value is -4.97. The first-order valence-corrected chi connectivity index (χ1v) is 16.1. The number of hydrogen-bond donors (Lipinski definition) is 1. The molecule has 1 N–H and O–H groups in total. The third-order valence-electron chi connectivity index (χ3n) is 8.81. The van der Waals surface area contributed by atoms with Crippen LogP contribution in [0, 0.1) is 0 Å². The average molecular weight is 586 g/mol. The van der Waals surface area contributed by atoms with Gasteiger partial charge in [-0.25, -0.2) is 4.99 Å². The molecule has 3 nitrogen and oxygen atoms in total. The number of aromatic nitrogens is 1. The molecule has 4 heterocycles. The van der Waals surface area contributed by atoms with E-state index in [1.807, 2.05) is 22.7 Å². The number of anilines is 1. The predicted molar refractivity (Wildman–Crippen MR) is 186 cm³/mol. The molecule has 1 atom stereocenters. The highest BCUT2D eigenvalue weighted by Crippen LogP contribution is 2.49. The molecule has 10 rings (SSSR count). The second-order valence-corrected chi connectivity index (χ2v) is 13.2. The summed E-state index contributed by atoms with van der Waals surface area (Å²) >= 11 is 3.71. The lowest BCUT2D eigenvalue weighted by Crippen LogP contribution is -2.23. The highest BCUT2D eigenvalue weighted by Gasteiger charge is 2.30. The van der Waals surface area contributed by atoms with Crippen molar-refractivity contribution in [3.63, 3.8) is 0 Å². The summed E-state index contributed by atoms with van der Waals surface area (Å²) < 4.78 is 6.38. The Morgan fingerprint density at radius 1 is 0.558 bits per heavy atom. The van der Waals surface area contributed by atoms with Gasteiger partial charge in [-0.05, 0) is 23.6 Å². The van der Waals surface area contributed by atoms with Gasteiger partial charge in [-0.2, -0.15) is 0 Å². The van der Waals surface area contributed by atoms with Gasteiger partial charge in [0.2, 0.25) is 6.29 Å². The highest BCUT2D eigenvalue weighted by atomic mass is 32.1. The van der Waals surface area contributed by atoms with Crippen molar-refractivity contribution < 1.29 is 0 Å². The number of benzene rings is 6. The second-order valence-electron chi connectivity index (χ2n) is 11.1. The number of fused-ring (bicyclic) bond motifs is 13. The minimum atomic E-state index is -0.328. The molecule has 0 amide bonds. The molecule has 6 aromatic carbocycles. The van der Waals surface area contributed by atoms with Crippen LogP contribution in [0.15, 0.2) is 132 Å². The fraction of sp³-hybridized carbons (Fsp3) is 0.0263. The number of nitrogens with zero attached hydrogens (tertiary/aromatic N) is 2. The Bertz CT molecular complexity index is 2600. The van der Waals surface area contributed by atoms with Gasteiger partial charge in [0, 0.05) is 52.0 Å². The lowest BCUT2D eigenvalue weighted by atomic mass is 10.00. The number of hydrogen-bond acceptors (Lipinski definition) is 4. The Labute approximate surface area is 255 Å².